The van der Waals surface area contributed by atoms with E-state index >= 15 is 0 Å². The molecule has 7 heteroatoms. The lowest BCUT2D eigenvalue weighted by molar-refractivity contribution is 0.102. The van der Waals surface area contributed by atoms with Crippen LogP contribution in [-0.2, 0) is 0 Å². The highest BCUT2D eigenvalue weighted by molar-refractivity contribution is 6.03. The molecule has 0 unspecified atom stereocenters. The Kier molecular flexibility index (Phi) is 3.76. The summed E-state index contributed by atoms with van der Waals surface area (Å²) in [6.07, 6.45) is 1.57. The van der Waals surface area contributed by atoms with Gasteiger partial charge in [-0.2, -0.15) is 5.10 Å². The molecule has 0 radical (unpaired) electrons. The summed E-state index contributed by atoms with van der Waals surface area (Å²) < 4.78 is 20.4. The maximum Gasteiger partial charge on any atom is 0.274 e. The molecule has 3 aromatic heterocycles. The second-order valence-electron chi connectivity index (χ2n) is 5.98. The molecule has 0 aliphatic rings. The predicted octanol–water partition coefficient (Wildman–Crippen LogP) is 4.00. The SMILES string of the molecule is Cc1cc(NC(=O)c2cc(C)n3nc(-c4ccco4)cc3n2)ccc1F. The number of aromatic nitrogens is 3. The number of aryl methyl sites for hydroxylation is 2. The molecule has 1 aromatic carbocycles. The Morgan fingerprint density at radius 3 is 2.77 bits per heavy atom. The Morgan fingerprint density at radius 2 is 2.04 bits per heavy atom. The zero-order chi connectivity index (χ0) is 18.3. The second kappa shape index (κ2) is 6.11. The average Bonchev–Trinajstić information content (AvgIpc) is 3.27. The molecule has 1 N–H and O–H groups in total. The first-order valence-electron chi connectivity index (χ1n) is 8.00. The molecule has 130 valence electrons. The van der Waals surface area contributed by atoms with Gasteiger partial charge in [-0.15, -0.1) is 0 Å². The number of benzene rings is 1. The third-order valence-electron chi connectivity index (χ3n) is 4.03. The standard InChI is InChI=1S/C19H15FN4O2/c1-11-8-13(5-6-14(11)20)21-19(25)16-9-12(2)24-18(22-16)10-15(23-24)17-4-3-7-26-17/h3-10H,1-2H3,(H,21,25). The number of hydrogen-bond donors (Lipinski definition) is 1. The number of rotatable bonds is 3. The summed E-state index contributed by atoms with van der Waals surface area (Å²) in [7, 11) is 0. The van der Waals surface area contributed by atoms with Gasteiger partial charge in [-0.05, 0) is 55.8 Å². The van der Waals surface area contributed by atoms with Crippen LogP contribution >= 0.6 is 0 Å². The fraction of sp³-hybridized carbons (Fsp3) is 0.105. The maximum absolute atomic E-state index is 13.4. The van der Waals surface area contributed by atoms with Crippen molar-refractivity contribution in [1.29, 1.82) is 0 Å². The summed E-state index contributed by atoms with van der Waals surface area (Å²) >= 11 is 0. The van der Waals surface area contributed by atoms with Gasteiger partial charge in [0.15, 0.2) is 11.4 Å². The smallest absolute Gasteiger partial charge is 0.274 e. The molecule has 1 amide bonds. The highest BCUT2D eigenvalue weighted by Crippen LogP contribution is 2.21. The number of amides is 1. The number of carbonyl (C=O) groups excluding carboxylic acids is 1. The first kappa shape index (κ1) is 16.0. The van der Waals surface area contributed by atoms with Crippen LogP contribution in [0.2, 0.25) is 0 Å². The molecule has 0 bridgehead atoms. The summed E-state index contributed by atoms with van der Waals surface area (Å²) in [6, 6.07) is 11.4. The van der Waals surface area contributed by atoms with Crippen LogP contribution in [0.25, 0.3) is 17.1 Å². The van der Waals surface area contributed by atoms with Crippen LogP contribution in [0.5, 0.6) is 0 Å². The first-order valence-corrected chi connectivity index (χ1v) is 8.00. The van der Waals surface area contributed by atoms with Crippen LogP contribution in [0.4, 0.5) is 10.1 Å². The molecule has 0 saturated heterocycles. The number of anilines is 1. The van der Waals surface area contributed by atoms with Gasteiger partial charge in [-0.25, -0.2) is 13.9 Å². The predicted molar refractivity (Wildman–Crippen MR) is 94.5 cm³/mol. The van der Waals surface area contributed by atoms with E-state index in [2.05, 4.69) is 15.4 Å². The third-order valence-corrected chi connectivity index (χ3v) is 4.03. The van der Waals surface area contributed by atoms with E-state index in [-0.39, 0.29) is 17.4 Å². The van der Waals surface area contributed by atoms with Crippen molar-refractivity contribution in [3.05, 3.63) is 71.5 Å². The minimum atomic E-state index is -0.373. The van der Waals surface area contributed by atoms with Crippen molar-refractivity contribution in [2.24, 2.45) is 0 Å². The van der Waals surface area contributed by atoms with Crippen molar-refractivity contribution in [3.63, 3.8) is 0 Å². The number of nitrogens with zero attached hydrogens (tertiary/aromatic N) is 3. The maximum atomic E-state index is 13.4. The summed E-state index contributed by atoms with van der Waals surface area (Å²) in [5.41, 5.74) is 3.16. The van der Waals surface area contributed by atoms with Gasteiger partial charge in [0.2, 0.25) is 0 Å². The molecule has 0 atom stereocenters. The van der Waals surface area contributed by atoms with Crippen LogP contribution < -0.4 is 5.32 Å². The van der Waals surface area contributed by atoms with Gasteiger partial charge in [0.25, 0.3) is 5.91 Å². The van der Waals surface area contributed by atoms with E-state index in [4.69, 9.17) is 4.42 Å². The minimum absolute atomic E-state index is 0.253. The molecule has 4 rings (SSSR count). The summed E-state index contributed by atoms with van der Waals surface area (Å²) in [6.45, 7) is 3.48. The number of fused-ring (bicyclic) bond motifs is 1. The molecule has 0 aliphatic carbocycles. The largest absolute Gasteiger partial charge is 0.463 e. The Morgan fingerprint density at radius 1 is 1.19 bits per heavy atom. The van der Waals surface area contributed by atoms with E-state index in [1.807, 2.05) is 13.0 Å². The van der Waals surface area contributed by atoms with Crippen LogP contribution in [-0.4, -0.2) is 20.5 Å². The lowest BCUT2D eigenvalue weighted by Crippen LogP contribution is -2.15. The van der Waals surface area contributed by atoms with Gasteiger partial charge in [0.05, 0.1) is 6.26 Å². The topological polar surface area (TPSA) is 72.4 Å². The van der Waals surface area contributed by atoms with Gasteiger partial charge >= 0.3 is 0 Å². The van der Waals surface area contributed by atoms with E-state index in [1.165, 1.54) is 12.1 Å². The Labute approximate surface area is 148 Å². The molecule has 0 aliphatic heterocycles. The molecule has 6 nitrogen and oxygen atoms in total. The molecule has 0 spiro atoms. The first-order chi connectivity index (χ1) is 12.5. The fourth-order valence-corrected chi connectivity index (χ4v) is 2.70. The number of nitrogens with one attached hydrogen (secondary N) is 1. The lowest BCUT2D eigenvalue weighted by Gasteiger charge is -2.07. The Balaban J connectivity index is 1.67. The number of carbonyl (C=O) groups is 1. The molecule has 0 saturated carbocycles. The zero-order valence-electron chi connectivity index (χ0n) is 14.2. The normalized spacial score (nSPS) is 11.0. The molecular weight excluding hydrogens is 335 g/mol. The summed E-state index contributed by atoms with van der Waals surface area (Å²) in [5.74, 6) is -0.0619. The van der Waals surface area contributed by atoms with Gasteiger partial charge in [-0.3, -0.25) is 4.79 Å². The monoisotopic (exact) mass is 350 g/mol. The van der Waals surface area contributed by atoms with Crippen molar-refractivity contribution < 1.29 is 13.6 Å². The van der Waals surface area contributed by atoms with Crippen LogP contribution in [0.15, 0.2) is 53.1 Å². The number of furan rings is 1. The summed E-state index contributed by atoms with van der Waals surface area (Å²) in [5, 5.41) is 7.18. The van der Waals surface area contributed by atoms with Crippen molar-refractivity contribution >= 4 is 17.2 Å². The second-order valence-corrected chi connectivity index (χ2v) is 5.98. The molecule has 0 fully saturated rings. The summed E-state index contributed by atoms with van der Waals surface area (Å²) in [4.78, 5) is 16.9. The molecular formula is C19H15FN4O2. The van der Waals surface area contributed by atoms with Crippen LogP contribution in [0, 0.1) is 19.7 Å². The zero-order valence-corrected chi connectivity index (χ0v) is 14.2. The highest BCUT2D eigenvalue weighted by atomic mass is 19.1. The van der Waals surface area contributed by atoms with E-state index in [9.17, 15) is 9.18 Å². The van der Waals surface area contributed by atoms with Crippen molar-refractivity contribution in [2.45, 2.75) is 13.8 Å². The van der Waals surface area contributed by atoms with Crippen LogP contribution in [0.3, 0.4) is 0 Å². The molecule has 4 aromatic rings. The number of halogens is 1. The number of hydrogen-bond acceptors (Lipinski definition) is 4. The highest BCUT2D eigenvalue weighted by Gasteiger charge is 2.15. The third kappa shape index (κ3) is 2.83. The minimum Gasteiger partial charge on any atom is -0.463 e. The van der Waals surface area contributed by atoms with Gasteiger partial charge in [-0.1, -0.05) is 0 Å². The van der Waals surface area contributed by atoms with Crippen molar-refractivity contribution in [3.8, 4) is 11.5 Å². The van der Waals surface area contributed by atoms with E-state index in [0.717, 1.165) is 5.69 Å². The van der Waals surface area contributed by atoms with Crippen molar-refractivity contribution in [1.82, 2.24) is 14.6 Å². The lowest BCUT2D eigenvalue weighted by atomic mass is 10.2. The average molecular weight is 350 g/mol. The van der Waals surface area contributed by atoms with E-state index < -0.39 is 0 Å². The quantitative estimate of drug-likeness (QED) is 0.606. The van der Waals surface area contributed by atoms with Crippen LogP contribution in [0.1, 0.15) is 21.7 Å². The van der Waals surface area contributed by atoms with Gasteiger partial charge in [0.1, 0.15) is 17.2 Å². The van der Waals surface area contributed by atoms with E-state index in [1.54, 1.807) is 42.0 Å². The Hall–Kier alpha value is -3.48. The molecule has 26 heavy (non-hydrogen) atoms. The van der Waals surface area contributed by atoms with Gasteiger partial charge < -0.3 is 9.73 Å². The van der Waals surface area contributed by atoms with Gasteiger partial charge in [0, 0.05) is 17.4 Å². The molecule has 3 heterocycles. The Bertz CT molecular complexity index is 1120. The van der Waals surface area contributed by atoms with Crippen molar-refractivity contribution in [2.75, 3.05) is 5.32 Å². The van der Waals surface area contributed by atoms with E-state index in [0.29, 0.717) is 28.4 Å². The fourth-order valence-electron chi connectivity index (χ4n) is 2.70.